The Morgan fingerprint density at radius 2 is 2.50 bits per heavy atom. The summed E-state index contributed by atoms with van der Waals surface area (Å²) >= 11 is 0. The van der Waals surface area contributed by atoms with Crippen molar-refractivity contribution in [2.24, 2.45) is 5.92 Å². The van der Waals surface area contributed by atoms with Crippen molar-refractivity contribution in [3.63, 3.8) is 0 Å². The molecular formula is C13H21N3O2. The van der Waals surface area contributed by atoms with E-state index in [1.54, 1.807) is 12.3 Å². The minimum Gasteiger partial charge on any atom is -0.478 e. The van der Waals surface area contributed by atoms with Gasteiger partial charge in [-0.2, -0.15) is 4.98 Å². The van der Waals surface area contributed by atoms with Crippen LogP contribution in [0.15, 0.2) is 12.3 Å². The number of nitrogens with one attached hydrogen (secondary N) is 1. The number of hydrogen-bond donors (Lipinski definition) is 1. The van der Waals surface area contributed by atoms with Crippen molar-refractivity contribution < 1.29 is 9.47 Å². The summed E-state index contributed by atoms with van der Waals surface area (Å²) in [5.74, 6) is 1.82. The first-order valence-corrected chi connectivity index (χ1v) is 6.66. The summed E-state index contributed by atoms with van der Waals surface area (Å²) in [4.78, 5) is 8.50. The average molecular weight is 251 g/mol. The Labute approximate surface area is 108 Å². The zero-order valence-electron chi connectivity index (χ0n) is 10.9. The van der Waals surface area contributed by atoms with Crippen LogP contribution in [-0.4, -0.2) is 36.3 Å². The minimum atomic E-state index is 0.558. The molecule has 0 amide bonds. The maximum Gasteiger partial charge on any atom is 0.225 e. The number of rotatable bonds is 6. The van der Waals surface area contributed by atoms with Crippen molar-refractivity contribution in [2.45, 2.75) is 26.2 Å². The van der Waals surface area contributed by atoms with Gasteiger partial charge in [0.05, 0.1) is 13.2 Å². The van der Waals surface area contributed by atoms with Crippen molar-refractivity contribution in [1.82, 2.24) is 9.97 Å². The predicted molar refractivity (Wildman–Crippen MR) is 69.9 cm³/mol. The first-order chi connectivity index (χ1) is 8.88. The van der Waals surface area contributed by atoms with Gasteiger partial charge in [0.2, 0.25) is 11.8 Å². The zero-order chi connectivity index (χ0) is 12.6. The Bertz CT molecular complexity index is 354. The van der Waals surface area contributed by atoms with Crippen molar-refractivity contribution in [2.75, 3.05) is 31.7 Å². The highest BCUT2D eigenvalue weighted by molar-refractivity contribution is 5.27. The Morgan fingerprint density at radius 1 is 1.56 bits per heavy atom. The molecule has 1 aromatic rings. The molecule has 1 aliphatic rings. The molecule has 0 radical (unpaired) electrons. The molecule has 5 nitrogen and oxygen atoms in total. The molecule has 1 aromatic heterocycles. The Morgan fingerprint density at radius 3 is 3.28 bits per heavy atom. The number of ether oxygens (including phenoxy) is 2. The van der Waals surface area contributed by atoms with E-state index < -0.39 is 0 Å². The molecule has 5 heteroatoms. The van der Waals surface area contributed by atoms with Gasteiger partial charge in [0.25, 0.3) is 0 Å². The number of hydrogen-bond acceptors (Lipinski definition) is 5. The summed E-state index contributed by atoms with van der Waals surface area (Å²) in [6.07, 6.45) is 5.05. The molecule has 0 saturated carbocycles. The number of aromatic nitrogens is 2. The van der Waals surface area contributed by atoms with E-state index in [1.807, 2.05) is 0 Å². The highest BCUT2D eigenvalue weighted by Gasteiger charge is 2.13. The van der Waals surface area contributed by atoms with Crippen LogP contribution in [-0.2, 0) is 4.74 Å². The van der Waals surface area contributed by atoms with Crippen LogP contribution in [0.5, 0.6) is 5.88 Å². The van der Waals surface area contributed by atoms with Crippen LogP contribution in [0.4, 0.5) is 5.95 Å². The maximum atomic E-state index is 5.47. The monoisotopic (exact) mass is 251 g/mol. The van der Waals surface area contributed by atoms with Gasteiger partial charge in [0.15, 0.2) is 0 Å². The lowest BCUT2D eigenvalue weighted by atomic mass is 10.0. The van der Waals surface area contributed by atoms with Gasteiger partial charge in [0, 0.05) is 25.4 Å². The molecule has 2 rings (SSSR count). The molecule has 0 spiro atoms. The molecule has 1 saturated heterocycles. The normalized spacial score (nSPS) is 19.5. The third-order valence-corrected chi connectivity index (χ3v) is 2.89. The second-order valence-electron chi connectivity index (χ2n) is 4.53. The Balaban J connectivity index is 1.80. The lowest BCUT2D eigenvalue weighted by Crippen LogP contribution is -2.24. The van der Waals surface area contributed by atoms with Gasteiger partial charge >= 0.3 is 0 Å². The lowest BCUT2D eigenvalue weighted by Gasteiger charge is -2.22. The van der Waals surface area contributed by atoms with Gasteiger partial charge in [-0.15, -0.1) is 0 Å². The molecule has 1 atom stereocenters. The summed E-state index contributed by atoms with van der Waals surface area (Å²) in [6.45, 7) is 5.35. The molecule has 0 bridgehead atoms. The van der Waals surface area contributed by atoms with Crippen LogP contribution in [0, 0.1) is 5.92 Å². The molecule has 0 aliphatic carbocycles. The van der Waals surface area contributed by atoms with Gasteiger partial charge < -0.3 is 14.8 Å². The van der Waals surface area contributed by atoms with E-state index >= 15 is 0 Å². The van der Waals surface area contributed by atoms with E-state index in [9.17, 15) is 0 Å². The van der Waals surface area contributed by atoms with Gasteiger partial charge in [-0.05, 0) is 25.2 Å². The predicted octanol–water partition coefficient (Wildman–Crippen LogP) is 2.10. The second-order valence-corrected chi connectivity index (χ2v) is 4.53. The molecule has 1 aliphatic heterocycles. The third-order valence-electron chi connectivity index (χ3n) is 2.89. The van der Waals surface area contributed by atoms with Crippen molar-refractivity contribution >= 4 is 5.95 Å². The molecule has 1 fully saturated rings. The highest BCUT2D eigenvalue weighted by Crippen LogP contribution is 2.14. The van der Waals surface area contributed by atoms with Gasteiger partial charge in [0.1, 0.15) is 0 Å². The van der Waals surface area contributed by atoms with Gasteiger partial charge in [-0.3, -0.25) is 0 Å². The Kier molecular flexibility index (Phi) is 5.20. The lowest BCUT2D eigenvalue weighted by molar-refractivity contribution is 0.0594. The summed E-state index contributed by atoms with van der Waals surface area (Å²) in [7, 11) is 0. The molecule has 1 N–H and O–H groups in total. The fraction of sp³-hybridized carbons (Fsp3) is 0.692. The SMILES string of the molecule is CCCOc1ccnc(NCC2CCCOC2)n1. The first kappa shape index (κ1) is 13.1. The van der Waals surface area contributed by atoms with Crippen LogP contribution >= 0.6 is 0 Å². The molecule has 18 heavy (non-hydrogen) atoms. The summed E-state index contributed by atoms with van der Waals surface area (Å²) in [5.41, 5.74) is 0. The topological polar surface area (TPSA) is 56.3 Å². The number of anilines is 1. The molecule has 0 aromatic carbocycles. The fourth-order valence-corrected chi connectivity index (χ4v) is 1.92. The van der Waals surface area contributed by atoms with Crippen molar-refractivity contribution in [3.05, 3.63) is 12.3 Å². The van der Waals surface area contributed by atoms with Gasteiger partial charge in [-0.1, -0.05) is 6.92 Å². The second kappa shape index (κ2) is 7.16. The van der Waals surface area contributed by atoms with E-state index in [-0.39, 0.29) is 0 Å². The quantitative estimate of drug-likeness (QED) is 0.839. The minimum absolute atomic E-state index is 0.558. The average Bonchev–Trinajstić information content (AvgIpc) is 2.44. The fourth-order valence-electron chi connectivity index (χ4n) is 1.92. The highest BCUT2D eigenvalue weighted by atomic mass is 16.5. The Hall–Kier alpha value is -1.36. The van der Waals surface area contributed by atoms with Crippen LogP contribution in [0.25, 0.3) is 0 Å². The van der Waals surface area contributed by atoms with Crippen molar-refractivity contribution in [3.8, 4) is 5.88 Å². The van der Waals surface area contributed by atoms with Crippen LogP contribution < -0.4 is 10.1 Å². The number of nitrogens with zero attached hydrogens (tertiary/aromatic N) is 2. The summed E-state index contributed by atoms with van der Waals surface area (Å²) in [5, 5.41) is 3.25. The first-order valence-electron chi connectivity index (χ1n) is 6.66. The van der Waals surface area contributed by atoms with Crippen LogP contribution in [0.1, 0.15) is 26.2 Å². The molecule has 2 heterocycles. The molecule has 100 valence electrons. The zero-order valence-corrected chi connectivity index (χ0v) is 10.9. The van der Waals surface area contributed by atoms with E-state index in [0.29, 0.717) is 24.4 Å². The summed E-state index contributed by atoms with van der Waals surface area (Å²) < 4.78 is 10.9. The maximum absolute atomic E-state index is 5.47. The smallest absolute Gasteiger partial charge is 0.225 e. The van der Waals surface area contributed by atoms with Crippen molar-refractivity contribution in [1.29, 1.82) is 0 Å². The van der Waals surface area contributed by atoms with Crippen LogP contribution in [0.2, 0.25) is 0 Å². The van der Waals surface area contributed by atoms with Gasteiger partial charge in [-0.25, -0.2) is 4.98 Å². The van der Waals surface area contributed by atoms with E-state index in [2.05, 4.69) is 22.2 Å². The standard InChI is InChI=1S/C13H21N3O2/c1-2-7-18-12-5-6-14-13(16-12)15-9-11-4-3-8-17-10-11/h5-6,11H,2-4,7-10H2,1H3,(H,14,15,16). The van der Waals surface area contributed by atoms with Crippen LogP contribution in [0.3, 0.4) is 0 Å². The van der Waals surface area contributed by atoms with E-state index in [1.165, 1.54) is 6.42 Å². The molecular weight excluding hydrogens is 230 g/mol. The van der Waals surface area contributed by atoms with E-state index in [0.717, 1.165) is 32.6 Å². The third kappa shape index (κ3) is 4.14. The van der Waals surface area contributed by atoms with E-state index in [4.69, 9.17) is 9.47 Å². The largest absolute Gasteiger partial charge is 0.478 e. The summed E-state index contributed by atoms with van der Waals surface area (Å²) in [6, 6.07) is 1.78. The molecule has 1 unspecified atom stereocenters.